The van der Waals surface area contributed by atoms with Gasteiger partial charge in [-0.3, -0.25) is 4.99 Å². The molecule has 1 N–H and O–H groups in total. The van der Waals surface area contributed by atoms with Crippen molar-refractivity contribution in [3.8, 4) is 0 Å². The minimum Gasteiger partial charge on any atom is -0.355 e. The standard InChI is InChI=1S/C21H28FN5/c1-21(2,17-8-4-5-9-18(17)22)16-25-20(23-3)27-14-12-26(13-15-27)19-10-6-7-11-24-19/h4-11H,12-16H2,1-3H3,(H,23,25). The van der Waals surface area contributed by atoms with Gasteiger partial charge in [-0.2, -0.15) is 0 Å². The summed E-state index contributed by atoms with van der Waals surface area (Å²) >= 11 is 0. The Morgan fingerprint density at radius 2 is 1.81 bits per heavy atom. The molecule has 1 saturated heterocycles. The van der Waals surface area contributed by atoms with Crippen LogP contribution in [-0.4, -0.2) is 55.6 Å². The van der Waals surface area contributed by atoms with Crippen molar-refractivity contribution in [1.29, 1.82) is 0 Å². The summed E-state index contributed by atoms with van der Waals surface area (Å²) in [4.78, 5) is 13.4. The second kappa shape index (κ2) is 8.37. The lowest BCUT2D eigenvalue weighted by molar-refractivity contribution is 0.364. The Bertz CT molecular complexity index is 767. The number of benzene rings is 1. The third-order valence-corrected chi connectivity index (χ3v) is 5.06. The number of aromatic nitrogens is 1. The molecule has 3 rings (SSSR count). The molecule has 0 radical (unpaired) electrons. The van der Waals surface area contributed by atoms with Crippen molar-refractivity contribution in [3.05, 3.63) is 60.0 Å². The number of aliphatic imine (C=N–C) groups is 1. The minimum atomic E-state index is -0.336. The summed E-state index contributed by atoms with van der Waals surface area (Å²) in [5, 5.41) is 3.43. The molecule has 0 aliphatic carbocycles. The van der Waals surface area contributed by atoms with E-state index in [1.165, 1.54) is 6.07 Å². The van der Waals surface area contributed by atoms with E-state index in [0.717, 1.165) is 38.0 Å². The van der Waals surface area contributed by atoms with Crippen molar-refractivity contribution in [3.63, 3.8) is 0 Å². The number of halogens is 1. The monoisotopic (exact) mass is 369 g/mol. The van der Waals surface area contributed by atoms with Gasteiger partial charge in [0, 0.05) is 51.4 Å². The van der Waals surface area contributed by atoms with Crippen LogP contribution in [0.4, 0.5) is 10.2 Å². The Labute approximate surface area is 160 Å². The first-order valence-corrected chi connectivity index (χ1v) is 9.38. The minimum absolute atomic E-state index is 0.164. The molecule has 0 spiro atoms. The lowest BCUT2D eigenvalue weighted by atomic mass is 9.84. The lowest BCUT2D eigenvalue weighted by Crippen LogP contribution is -2.54. The van der Waals surface area contributed by atoms with Crippen LogP contribution in [0.1, 0.15) is 19.4 Å². The Morgan fingerprint density at radius 1 is 1.11 bits per heavy atom. The molecule has 0 amide bonds. The summed E-state index contributed by atoms with van der Waals surface area (Å²) in [5.41, 5.74) is 0.379. The average molecular weight is 369 g/mol. The number of guanidine groups is 1. The molecule has 2 heterocycles. The number of rotatable bonds is 4. The predicted octanol–water partition coefficient (Wildman–Crippen LogP) is 2.90. The molecule has 144 valence electrons. The third-order valence-electron chi connectivity index (χ3n) is 5.06. The van der Waals surface area contributed by atoms with Gasteiger partial charge >= 0.3 is 0 Å². The van der Waals surface area contributed by atoms with Crippen LogP contribution in [-0.2, 0) is 5.41 Å². The maximum atomic E-state index is 14.2. The van der Waals surface area contributed by atoms with Gasteiger partial charge in [-0.25, -0.2) is 9.37 Å². The summed E-state index contributed by atoms with van der Waals surface area (Å²) in [6.07, 6.45) is 1.83. The Balaban J connectivity index is 1.58. The van der Waals surface area contributed by atoms with E-state index in [1.54, 1.807) is 13.1 Å². The smallest absolute Gasteiger partial charge is 0.193 e. The van der Waals surface area contributed by atoms with Crippen LogP contribution in [0.25, 0.3) is 0 Å². The van der Waals surface area contributed by atoms with E-state index in [0.29, 0.717) is 12.1 Å². The fourth-order valence-electron chi connectivity index (χ4n) is 3.43. The molecule has 6 heteroatoms. The molecule has 2 aromatic rings. The summed E-state index contributed by atoms with van der Waals surface area (Å²) in [6, 6.07) is 13.0. The quantitative estimate of drug-likeness (QED) is 0.665. The van der Waals surface area contributed by atoms with Gasteiger partial charge in [0.25, 0.3) is 0 Å². The number of nitrogens with zero attached hydrogens (tertiary/aromatic N) is 4. The molecule has 5 nitrogen and oxygen atoms in total. The topological polar surface area (TPSA) is 43.8 Å². The highest BCUT2D eigenvalue weighted by atomic mass is 19.1. The largest absolute Gasteiger partial charge is 0.355 e. The fourth-order valence-corrected chi connectivity index (χ4v) is 3.43. The van der Waals surface area contributed by atoms with E-state index in [1.807, 2.05) is 50.4 Å². The van der Waals surface area contributed by atoms with E-state index in [-0.39, 0.29) is 11.2 Å². The van der Waals surface area contributed by atoms with Gasteiger partial charge in [0.05, 0.1) is 0 Å². The zero-order chi connectivity index (χ0) is 19.3. The van der Waals surface area contributed by atoms with E-state index in [4.69, 9.17) is 0 Å². The van der Waals surface area contributed by atoms with Crippen LogP contribution in [0, 0.1) is 5.82 Å². The average Bonchev–Trinajstić information content (AvgIpc) is 2.70. The van der Waals surface area contributed by atoms with E-state index in [9.17, 15) is 4.39 Å². The van der Waals surface area contributed by atoms with E-state index >= 15 is 0 Å². The van der Waals surface area contributed by atoms with Gasteiger partial charge in [-0.05, 0) is 23.8 Å². The van der Waals surface area contributed by atoms with Gasteiger partial charge in [0.1, 0.15) is 11.6 Å². The maximum Gasteiger partial charge on any atom is 0.193 e. The molecule has 0 unspecified atom stereocenters. The van der Waals surface area contributed by atoms with Gasteiger partial charge in [-0.1, -0.05) is 38.1 Å². The second-order valence-electron chi connectivity index (χ2n) is 7.43. The first-order chi connectivity index (χ1) is 13.0. The molecule has 1 aromatic carbocycles. The van der Waals surface area contributed by atoms with Crippen LogP contribution in [0.5, 0.6) is 0 Å². The lowest BCUT2D eigenvalue weighted by Gasteiger charge is -2.38. The molecule has 1 fully saturated rings. The van der Waals surface area contributed by atoms with E-state index in [2.05, 4.69) is 25.1 Å². The molecular formula is C21H28FN5. The molecular weight excluding hydrogens is 341 g/mol. The SMILES string of the molecule is CN=C(NCC(C)(C)c1ccccc1F)N1CCN(c2ccccn2)CC1. The molecule has 0 bridgehead atoms. The Hall–Kier alpha value is -2.63. The second-order valence-corrected chi connectivity index (χ2v) is 7.43. The Morgan fingerprint density at radius 3 is 2.44 bits per heavy atom. The summed E-state index contributed by atoms with van der Waals surface area (Å²) in [7, 11) is 1.80. The normalized spacial score (nSPS) is 15.8. The summed E-state index contributed by atoms with van der Waals surface area (Å²) < 4.78 is 14.2. The van der Waals surface area contributed by atoms with Crippen LogP contribution in [0.2, 0.25) is 0 Å². The number of hydrogen-bond acceptors (Lipinski definition) is 3. The molecule has 1 aromatic heterocycles. The molecule has 0 saturated carbocycles. The number of hydrogen-bond donors (Lipinski definition) is 1. The zero-order valence-corrected chi connectivity index (χ0v) is 16.3. The first kappa shape index (κ1) is 19.1. The number of anilines is 1. The molecule has 1 aliphatic heterocycles. The van der Waals surface area contributed by atoms with Crippen LogP contribution < -0.4 is 10.2 Å². The number of piperazine rings is 1. The number of pyridine rings is 1. The first-order valence-electron chi connectivity index (χ1n) is 9.38. The van der Waals surface area contributed by atoms with Gasteiger partial charge in [-0.15, -0.1) is 0 Å². The summed E-state index contributed by atoms with van der Waals surface area (Å²) in [5.74, 6) is 1.71. The predicted molar refractivity (Wildman–Crippen MR) is 109 cm³/mol. The summed E-state index contributed by atoms with van der Waals surface area (Å²) in [6.45, 7) is 8.24. The van der Waals surface area contributed by atoms with Crippen molar-refractivity contribution in [2.45, 2.75) is 19.3 Å². The van der Waals surface area contributed by atoms with Gasteiger partial charge < -0.3 is 15.1 Å². The maximum absolute atomic E-state index is 14.2. The van der Waals surface area contributed by atoms with E-state index < -0.39 is 0 Å². The van der Waals surface area contributed by atoms with Crippen molar-refractivity contribution in [2.75, 3.05) is 44.7 Å². The van der Waals surface area contributed by atoms with Gasteiger partial charge in [0.15, 0.2) is 5.96 Å². The fraction of sp³-hybridized carbons (Fsp3) is 0.429. The highest BCUT2D eigenvalue weighted by molar-refractivity contribution is 5.80. The van der Waals surface area contributed by atoms with Crippen molar-refractivity contribution < 1.29 is 4.39 Å². The van der Waals surface area contributed by atoms with Crippen molar-refractivity contribution >= 4 is 11.8 Å². The molecule has 27 heavy (non-hydrogen) atoms. The van der Waals surface area contributed by atoms with Crippen molar-refractivity contribution in [1.82, 2.24) is 15.2 Å². The molecule has 0 atom stereocenters. The molecule has 1 aliphatic rings. The van der Waals surface area contributed by atoms with Crippen LogP contribution >= 0.6 is 0 Å². The van der Waals surface area contributed by atoms with Crippen LogP contribution in [0.3, 0.4) is 0 Å². The Kier molecular flexibility index (Phi) is 5.94. The number of nitrogens with one attached hydrogen (secondary N) is 1. The highest BCUT2D eigenvalue weighted by Crippen LogP contribution is 2.25. The zero-order valence-electron chi connectivity index (χ0n) is 16.3. The van der Waals surface area contributed by atoms with Crippen LogP contribution in [0.15, 0.2) is 53.7 Å². The van der Waals surface area contributed by atoms with Gasteiger partial charge in [0.2, 0.25) is 0 Å². The highest BCUT2D eigenvalue weighted by Gasteiger charge is 2.26. The van der Waals surface area contributed by atoms with Crippen molar-refractivity contribution in [2.24, 2.45) is 4.99 Å². The third kappa shape index (κ3) is 4.56.